The molecule has 1 fully saturated rings. The summed E-state index contributed by atoms with van der Waals surface area (Å²) in [4.78, 5) is 17.9. The number of aliphatic imine (C=N–C) groups is 1. The van der Waals surface area contributed by atoms with Crippen LogP contribution in [0.15, 0.2) is 53.5 Å². The summed E-state index contributed by atoms with van der Waals surface area (Å²) < 4.78 is 0. The number of halogens is 2. The Hall–Kier alpha value is -2.00. The topological polar surface area (TPSA) is 68.8 Å². The van der Waals surface area contributed by atoms with Gasteiger partial charge in [0.2, 0.25) is 5.91 Å². The number of benzene rings is 2. The highest BCUT2D eigenvalue weighted by Gasteiger charge is 2.16. The average molecular weight is 528 g/mol. The number of hydrogen-bond acceptors (Lipinski definition) is 3. The van der Waals surface area contributed by atoms with Crippen molar-refractivity contribution in [2.75, 3.05) is 38.1 Å². The molecule has 3 N–H and O–H groups in total. The van der Waals surface area contributed by atoms with Gasteiger partial charge in [0.05, 0.1) is 6.54 Å². The SMILES string of the molecule is CN=C(NCCc1ccccc1Cl)NCc1ccc(N2CCNC(=O)C2)cc1.I. The number of piperazine rings is 1. The predicted octanol–water partition coefficient (Wildman–Crippen LogP) is 2.80. The highest BCUT2D eigenvalue weighted by Crippen LogP contribution is 2.16. The second kappa shape index (κ2) is 11.9. The summed E-state index contributed by atoms with van der Waals surface area (Å²) in [5.74, 6) is 0.826. The van der Waals surface area contributed by atoms with Crippen molar-refractivity contribution in [1.82, 2.24) is 16.0 Å². The Kier molecular flexibility index (Phi) is 9.53. The number of hydrogen-bond donors (Lipinski definition) is 3. The molecule has 156 valence electrons. The summed E-state index contributed by atoms with van der Waals surface area (Å²) in [5, 5.41) is 10.3. The highest BCUT2D eigenvalue weighted by molar-refractivity contribution is 14.0. The summed E-state index contributed by atoms with van der Waals surface area (Å²) in [7, 11) is 1.76. The van der Waals surface area contributed by atoms with E-state index in [1.165, 1.54) is 0 Å². The highest BCUT2D eigenvalue weighted by atomic mass is 127. The van der Waals surface area contributed by atoms with E-state index in [2.05, 4.69) is 50.1 Å². The van der Waals surface area contributed by atoms with E-state index in [1.54, 1.807) is 7.05 Å². The van der Waals surface area contributed by atoms with Gasteiger partial charge in [-0.25, -0.2) is 0 Å². The maximum Gasteiger partial charge on any atom is 0.239 e. The van der Waals surface area contributed by atoms with Crippen LogP contribution in [-0.2, 0) is 17.8 Å². The minimum atomic E-state index is 0. The minimum absolute atomic E-state index is 0. The van der Waals surface area contributed by atoms with Crippen LogP contribution in [0.25, 0.3) is 0 Å². The van der Waals surface area contributed by atoms with Gasteiger partial charge in [-0.3, -0.25) is 9.79 Å². The number of carbonyl (C=O) groups is 1. The van der Waals surface area contributed by atoms with Gasteiger partial charge in [-0.15, -0.1) is 24.0 Å². The number of guanidine groups is 1. The van der Waals surface area contributed by atoms with Crippen LogP contribution < -0.4 is 20.9 Å². The predicted molar refractivity (Wildman–Crippen MR) is 130 cm³/mol. The standard InChI is InChI=1S/C21H26ClN5O.HI/c1-23-21(25-11-10-17-4-2-3-5-19(17)22)26-14-16-6-8-18(9-7-16)27-13-12-24-20(28)15-27;/h2-9H,10-15H2,1H3,(H,24,28)(H2,23,25,26);1H. The monoisotopic (exact) mass is 527 g/mol. The molecule has 0 saturated carbocycles. The van der Waals surface area contributed by atoms with Gasteiger partial charge in [0, 0.05) is 43.9 Å². The third-order valence-corrected chi connectivity index (χ3v) is 5.04. The number of amides is 1. The van der Waals surface area contributed by atoms with Crippen LogP contribution >= 0.6 is 35.6 Å². The van der Waals surface area contributed by atoms with E-state index in [-0.39, 0.29) is 29.9 Å². The molecular formula is C21H27ClIN5O. The molecule has 1 saturated heterocycles. The van der Waals surface area contributed by atoms with E-state index in [4.69, 9.17) is 11.6 Å². The summed E-state index contributed by atoms with van der Waals surface area (Å²) in [5.41, 5.74) is 3.34. The van der Waals surface area contributed by atoms with Gasteiger partial charge in [0.1, 0.15) is 0 Å². The number of nitrogens with zero attached hydrogens (tertiary/aromatic N) is 2. The van der Waals surface area contributed by atoms with Crippen LogP contribution in [0.4, 0.5) is 5.69 Å². The quantitative estimate of drug-likeness (QED) is 0.307. The lowest BCUT2D eigenvalue weighted by Crippen LogP contribution is -2.47. The maximum absolute atomic E-state index is 11.5. The first-order valence-corrected chi connectivity index (χ1v) is 9.82. The largest absolute Gasteiger partial charge is 0.360 e. The molecule has 2 aromatic rings. The third kappa shape index (κ3) is 7.08. The Morgan fingerprint density at radius 2 is 1.93 bits per heavy atom. The Bertz CT molecular complexity index is 828. The van der Waals surface area contributed by atoms with E-state index >= 15 is 0 Å². The normalized spacial score (nSPS) is 14.1. The molecule has 1 aliphatic heterocycles. The van der Waals surface area contributed by atoms with Gasteiger partial charge < -0.3 is 20.9 Å². The molecule has 1 heterocycles. The third-order valence-electron chi connectivity index (χ3n) is 4.67. The fraction of sp³-hybridized carbons (Fsp3) is 0.333. The molecule has 0 bridgehead atoms. The Morgan fingerprint density at radius 3 is 2.62 bits per heavy atom. The van der Waals surface area contributed by atoms with Crippen molar-refractivity contribution in [2.45, 2.75) is 13.0 Å². The molecule has 0 unspecified atom stereocenters. The number of rotatable bonds is 6. The van der Waals surface area contributed by atoms with Crippen molar-refractivity contribution >= 4 is 53.1 Å². The van der Waals surface area contributed by atoms with Crippen LogP contribution in [0.1, 0.15) is 11.1 Å². The van der Waals surface area contributed by atoms with Crippen molar-refractivity contribution < 1.29 is 4.79 Å². The molecule has 0 aromatic heterocycles. The second-order valence-electron chi connectivity index (χ2n) is 6.63. The summed E-state index contributed by atoms with van der Waals surface area (Å²) in [6, 6.07) is 16.1. The molecule has 0 spiro atoms. The first-order chi connectivity index (χ1) is 13.7. The van der Waals surface area contributed by atoms with E-state index in [9.17, 15) is 4.79 Å². The van der Waals surface area contributed by atoms with Gasteiger partial charge in [0.25, 0.3) is 0 Å². The van der Waals surface area contributed by atoms with E-state index in [0.29, 0.717) is 19.6 Å². The van der Waals surface area contributed by atoms with Crippen molar-refractivity contribution in [3.8, 4) is 0 Å². The molecular weight excluding hydrogens is 501 g/mol. The first kappa shape index (κ1) is 23.3. The lowest BCUT2D eigenvalue weighted by Gasteiger charge is -2.28. The van der Waals surface area contributed by atoms with Crippen LogP contribution in [0.3, 0.4) is 0 Å². The molecule has 1 aliphatic rings. The van der Waals surface area contributed by atoms with Crippen molar-refractivity contribution in [3.63, 3.8) is 0 Å². The van der Waals surface area contributed by atoms with Crippen molar-refractivity contribution in [2.24, 2.45) is 4.99 Å². The molecule has 0 radical (unpaired) electrons. The fourth-order valence-electron chi connectivity index (χ4n) is 3.11. The summed E-state index contributed by atoms with van der Waals surface area (Å²) >= 11 is 6.19. The zero-order valence-electron chi connectivity index (χ0n) is 16.5. The number of anilines is 1. The van der Waals surface area contributed by atoms with E-state index < -0.39 is 0 Å². The smallest absolute Gasteiger partial charge is 0.239 e. The Morgan fingerprint density at radius 1 is 1.17 bits per heavy atom. The molecule has 2 aromatic carbocycles. The first-order valence-electron chi connectivity index (χ1n) is 9.44. The van der Waals surface area contributed by atoms with Crippen LogP contribution in [0.5, 0.6) is 0 Å². The van der Waals surface area contributed by atoms with Gasteiger partial charge in [0.15, 0.2) is 5.96 Å². The molecule has 29 heavy (non-hydrogen) atoms. The van der Waals surface area contributed by atoms with Gasteiger partial charge in [-0.1, -0.05) is 41.9 Å². The second-order valence-corrected chi connectivity index (χ2v) is 7.04. The molecule has 8 heteroatoms. The number of carbonyl (C=O) groups excluding carboxylic acids is 1. The Labute approximate surface area is 194 Å². The van der Waals surface area contributed by atoms with Crippen LogP contribution in [0.2, 0.25) is 5.02 Å². The fourth-order valence-corrected chi connectivity index (χ4v) is 3.34. The van der Waals surface area contributed by atoms with Gasteiger partial charge in [-0.2, -0.15) is 0 Å². The minimum Gasteiger partial charge on any atom is -0.360 e. The molecule has 1 amide bonds. The van der Waals surface area contributed by atoms with E-state index in [1.807, 2.05) is 24.3 Å². The molecule has 3 rings (SSSR count). The Balaban J connectivity index is 0.00000300. The van der Waals surface area contributed by atoms with Gasteiger partial charge in [-0.05, 0) is 35.7 Å². The van der Waals surface area contributed by atoms with Crippen molar-refractivity contribution in [1.29, 1.82) is 0 Å². The van der Waals surface area contributed by atoms with E-state index in [0.717, 1.165) is 47.3 Å². The van der Waals surface area contributed by atoms with Crippen LogP contribution in [-0.4, -0.2) is 45.1 Å². The van der Waals surface area contributed by atoms with Crippen molar-refractivity contribution in [3.05, 3.63) is 64.7 Å². The summed E-state index contributed by atoms with van der Waals surface area (Å²) in [6.07, 6.45) is 0.832. The average Bonchev–Trinajstić information content (AvgIpc) is 2.72. The lowest BCUT2D eigenvalue weighted by molar-refractivity contribution is -0.120. The number of nitrogens with one attached hydrogen (secondary N) is 3. The van der Waals surface area contributed by atoms with Gasteiger partial charge >= 0.3 is 0 Å². The lowest BCUT2D eigenvalue weighted by atomic mass is 10.1. The maximum atomic E-state index is 11.5. The molecule has 6 nitrogen and oxygen atoms in total. The zero-order valence-corrected chi connectivity index (χ0v) is 19.5. The summed E-state index contributed by atoms with van der Waals surface area (Å²) in [6.45, 7) is 3.37. The molecule has 0 atom stereocenters. The van der Waals surface area contributed by atoms with Crippen LogP contribution in [0, 0.1) is 0 Å². The molecule has 0 aliphatic carbocycles. The zero-order chi connectivity index (χ0) is 19.8.